The number of hydrogen-bond donors (Lipinski definition) is 0. The molecule has 1 aromatic heterocycles. The molecule has 0 amide bonds. The summed E-state index contributed by atoms with van der Waals surface area (Å²) in [4.78, 5) is 11.3. The highest BCUT2D eigenvalue weighted by atomic mass is 16.5. The van der Waals surface area contributed by atoms with Gasteiger partial charge in [0.2, 0.25) is 0 Å². The number of methoxy groups -OCH3 is 1. The van der Waals surface area contributed by atoms with Gasteiger partial charge in [-0.2, -0.15) is 0 Å². The van der Waals surface area contributed by atoms with E-state index in [2.05, 4.69) is 10.2 Å². The van der Waals surface area contributed by atoms with Crippen molar-refractivity contribution in [3.63, 3.8) is 0 Å². The summed E-state index contributed by atoms with van der Waals surface area (Å²) in [6.07, 6.45) is 1.58. The zero-order valence-corrected chi connectivity index (χ0v) is 7.65. The molecular weight excluding hydrogens is 170 g/mol. The second kappa shape index (κ2) is 2.83. The molecule has 13 heavy (non-hydrogen) atoms. The fourth-order valence-electron chi connectivity index (χ4n) is 1.74. The lowest BCUT2D eigenvalue weighted by molar-refractivity contribution is -0.144. The van der Waals surface area contributed by atoms with Crippen LogP contribution in [0.2, 0.25) is 0 Å². The molecule has 0 spiro atoms. The number of carbonyl (C=O) groups is 1. The van der Waals surface area contributed by atoms with Crippen LogP contribution in [0.15, 0.2) is 0 Å². The first-order valence-electron chi connectivity index (χ1n) is 4.22. The van der Waals surface area contributed by atoms with Gasteiger partial charge in [-0.05, 0) is 13.3 Å². The molecule has 1 aromatic rings. The van der Waals surface area contributed by atoms with E-state index in [1.165, 1.54) is 7.11 Å². The zero-order valence-electron chi connectivity index (χ0n) is 7.65. The fraction of sp³-hybridized carbons (Fsp3) is 0.625. The number of nitrogens with zero attached hydrogens (tertiary/aromatic N) is 3. The molecule has 5 heteroatoms. The monoisotopic (exact) mass is 181 g/mol. The topological polar surface area (TPSA) is 57.0 Å². The largest absolute Gasteiger partial charge is 0.467 e. The van der Waals surface area contributed by atoms with Crippen LogP contribution in [0.5, 0.6) is 0 Å². The van der Waals surface area contributed by atoms with E-state index in [1.54, 1.807) is 0 Å². The molecule has 1 aliphatic rings. The second-order valence-corrected chi connectivity index (χ2v) is 3.11. The number of esters is 1. The second-order valence-electron chi connectivity index (χ2n) is 3.11. The Morgan fingerprint density at radius 2 is 2.38 bits per heavy atom. The van der Waals surface area contributed by atoms with Crippen LogP contribution in [0, 0.1) is 6.92 Å². The number of rotatable bonds is 1. The summed E-state index contributed by atoms with van der Waals surface area (Å²) in [7, 11) is 1.40. The van der Waals surface area contributed by atoms with E-state index < -0.39 is 0 Å². The van der Waals surface area contributed by atoms with Crippen LogP contribution in [0.1, 0.15) is 24.1 Å². The van der Waals surface area contributed by atoms with E-state index in [0.29, 0.717) is 0 Å². The molecule has 0 fully saturated rings. The summed E-state index contributed by atoms with van der Waals surface area (Å²) in [5, 5.41) is 7.88. The van der Waals surface area contributed by atoms with Crippen molar-refractivity contribution in [3.8, 4) is 0 Å². The van der Waals surface area contributed by atoms with Crippen molar-refractivity contribution in [3.05, 3.63) is 11.6 Å². The Hall–Kier alpha value is -1.39. The fourth-order valence-corrected chi connectivity index (χ4v) is 1.74. The first-order valence-corrected chi connectivity index (χ1v) is 4.22. The molecule has 0 radical (unpaired) electrons. The Bertz CT molecular complexity index is 345. The quantitative estimate of drug-likeness (QED) is 0.582. The highest BCUT2D eigenvalue weighted by Gasteiger charge is 2.31. The molecule has 2 rings (SSSR count). The maximum Gasteiger partial charge on any atom is 0.328 e. The lowest BCUT2D eigenvalue weighted by Gasteiger charge is -2.10. The maximum absolute atomic E-state index is 11.3. The van der Waals surface area contributed by atoms with Crippen molar-refractivity contribution < 1.29 is 9.53 Å². The van der Waals surface area contributed by atoms with E-state index >= 15 is 0 Å². The smallest absolute Gasteiger partial charge is 0.328 e. The van der Waals surface area contributed by atoms with Gasteiger partial charge in [-0.1, -0.05) is 0 Å². The van der Waals surface area contributed by atoms with Gasteiger partial charge in [0.05, 0.1) is 7.11 Å². The van der Waals surface area contributed by atoms with Gasteiger partial charge in [0.25, 0.3) is 0 Å². The standard InChI is InChI=1S/C8H11N3O2/c1-5-9-10-7-4-3-6(11(5)7)8(12)13-2/h6H,3-4H2,1-2H3. The molecule has 1 unspecified atom stereocenters. The third-order valence-corrected chi connectivity index (χ3v) is 2.36. The number of hydrogen-bond acceptors (Lipinski definition) is 4. The average molecular weight is 181 g/mol. The Balaban J connectivity index is 2.36. The van der Waals surface area contributed by atoms with Crippen LogP contribution < -0.4 is 0 Å². The lowest BCUT2D eigenvalue weighted by atomic mass is 10.2. The van der Waals surface area contributed by atoms with Gasteiger partial charge in [0.15, 0.2) is 0 Å². The van der Waals surface area contributed by atoms with Crippen LogP contribution in [0.25, 0.3) is 0 Å². The number of ether oxygens (including phenoxy) is 1. The van der Waals surface area contributed by atoms with Gasteiger partial charge >= 0.3 is 5.97 Å². The van der Waals surface area contributed by atoms with Crippen LogP contribution in [0.3, 0.4) is 0 Å². The van der Waals surface area contributed by atoms with Gasteiger partial charge in [-0.25, -0.2) is 4.79 Å². The summed E-state index contributed by atoms with van der Waals surface area (Å²) in [6.45, 7) is 1.84. The molecule has 2 heterocycles. The van der Waals surface area contributed by atoms with Crippen LogP contribution in [-0.2, 0) is 16.0 Å². The Labute approximate surface area is 75.7 Å². The SMILES string of the molecule is COC(=O)C1CCc2nnc(C)n21. The van der Waals surface area contributed by atoms with E-state index in [0.717, 1.165) is 24.5 Å². The van der Waals surface area contributed by atoms with Crippen molar-refractivity contribution >= 4 is 5.97 Å². The number of carbonyl (C=O) groups excluding carboxylic acids is 1. The van der Waals surface area contributed by atoms with E-state index in [1.807, 2.05) is 11.5 Å². The first kappa shape index (κ1) is 8.22. The third-order valence-electron chi connectivity index (χ3n) is 2.36. The van der Waals surface area contributed by atoms with Crippen LogP contribution >= 0.6 is 0 Å². The van der Waals surface area contributed by atoms with Crippen molar-refractivity contribution in [1.29, 1.82) is 0 Å². The third kappa shape index (κ3) is 1.11. The molecule has 1 aliphatic heterocycles. The predicted molar refractivity (Wildman–Crippen MR) is 44.1 cm³/mol. The Morgan fingerprint density at radius 1 is 1.62 bits per heavy atom. The van der Waals surface area contributed by atoms with Gasteiger partial charge in [-0.15, -0.1) is 10.2 Å². The minimum absolute atomic E-state index is 0.207. The average Bonchev–Trinajstić information content (AvgIpc) is 2.68. The molecular formula is C8H11N3O2. The highest BCUT2D eigenvalue weighted by Crippen LogP contribution is 2.26. The van der Waals surface area contributed by atoms with Crippen molar-refractivity contribution in [2.45, 2.75) is 25.8 Å². The summed E-state index contributed by atoms with van der Waals surface area (Å²) >= 11 is 0. The number of fused-ring (bicyclic) bond motifs is 1. The summed E-state index contributed by atoms with van der Waals surface area (Å²) in [5.74, 6) is 1.46. The van der Waals surface area contributed by atoms with Crippen molar-refractivity contribution in [2.24, 2.45) is 0 Å². The zero-order chi connectivity index (χ0) is 9.42. The molecule has 0 aliphatic carbocycles. The maximum atomic E-state index is 11.3. The molecule has 0 aromatic carbocycles. The van der Waals surface area contributed by atoms with E-state index in [4.69, 9.17) is 4.74 Å². The van der Waals surface area contributed by atoms with Gasteiger partial charge in [0.1, 0.15) is 17.7 Å². The normalized spacial score (nSPS) is 20.0. The van der Waals surface area contributed by atoms with Gasteiger partial charge < -0.3 is 9.30 Å². The lowest BCUT2D eigenvalue weighted by Crippen LogP contribution is -2.18. The summed E-state index contributed by atoms with van der Waals surface area (Å²) in [6, 6.07) is -0.213. The minimum atomic E-state index is -0.213. The first-order chi connectivity index (χ1) is 6.24. The summed E-state index contributed by atoms with van der Waals surface area (Å²) < 4.78 is 6.55. The summed E-state index contributed by atoms with van der Waals surface area (Å²) in [5.41, 5.74) is 0. The molecule has 0 bridgehead atoms. The molecule has 0 N–H and O–H groups in total. The predicted octanol–water partition coefficient (Wildman–Crippen LogP) is 0.247. The van der Waals surface area contributed by atoms with Crippen LogP contribution in [-0.4, -0.2) is 27.8 Å². The molecule has 0 saturated carbocycles. The van der Waals surface area contributed by atoms with Gasteiger partial charge in [0, 0.05) is 6.42 Å². The Morgan fingerprint density at radius 3 is 3.08 bits per heavy atom. The number of aromatic nitrogens is 3. The highest BCUT2D eigenvalue weighted by molar-refractivity contribution is 5.74. The molecule has 1 atom stereocenters. The van der Waals surface area contributed by atoms with Crippen molar-refractivity contribution in [1.82, 2.24) is 14.8 Å². The minimum Gasteiger partial charge on any atom is -0.467 e. The van der Waals surface area contributed by atoms with E-state index in [-0.39, 0.29) is 12.0 Å². The van der Waals surface area contributed by atoms with Crippen LogP contribution in [0.4, 0.5) is 0 Å². The molecule has 5 nitrogen and oxygen atoms in total. The van der Waals surface area contributed by atoms with E-state index in [9.17, 15) is 4.79 Å². The van der Waals surface area contributed by atoms with Crippen molar-refractivity contribution in [2.75, 3.05) is 7.11 Å². The van der Waals surface area contributed by atoms with Gasteiger partial charge in [-0.3, -0.25) is 0 Å². The number of aryl methyl sites for hydroxylation is 2. The molecule has 0 saturated heterocycles. The molecule has 70 valence electrons. The Kier molecular flexibility index (Phi) is 1.79.